The van der Waals surface area contributed by atoms with Crippen LogP contribution in [0.5, 0.6) is 0 Å². The Bertz CT molecular complexity index is 446. The zero-order valence-corrected chi connectivity index (χ0v) is 14.7. The van der Waals surface area contributed by atoms with Gasteiger partial charge in [-0.25, -0.2) is 0 Å². The molecule has 0 aliphatic heterocycles. The molecule has 0 spiro atoms. The Morgan fingerprint density at radius 3 is 1.12 bits per heavy atom. The zero-order chi connectivity index (χ0) is 19.2. The lowest BCUT2D eigenvalue weighted by molar-refractivity contribution is -0.0802. The van der Waals surface area contributed by atoms with E-state index in [1.54, 1.807) is 4.90 Å². The smallest absolute Gasteiger partial charge is 0.266 e. The molecule has 0 saturated carbocycles. The molecular weight excluding hydrogens is 372 g/mol. The topological polar surface area (TPSA) is 196 Å². The van der Waals surface area contributed by atoms with Gasteiger partial charge in [0.2, 0.25) is 0 Å². The summed E-state index contributed by atoms with van der Waals surface area (Å²) in [6, 6.07) is 0. The minimum absolute atomic E-state index is 0.0694. The maximum absolute atomic E-state index is 10.2. The predicted octanol–water partition coefficient (Wildman–Crippen LogP) is -3.28. The number of aliphatic hydroxyl groups is 3. The minimum atomic E-state index is -4.19. The predicted molar refractivity (Wildman–Crippen MR) is 83.9 cm³/mol. The third-order valence-corrected chi connectivity index (χ3v) is 3.86. The standard InChI is InChI=1S/C6H15NO3.C4H11NO7S2/c8-4-1-7(2-5-9)3-6-10;6-5(1-3-13(7,8)9)2-4-14(10,11)12/h8-10H,1-6H2;6H,1-4H2,(H,7,8,9)(H,10,11,12). The largest absolute Gasteiger partial charge is 0.395 e. The summed E-state index contributed by atoms with van der Waals surface area (Å²) >= 11 is 0. The van der Waals surface area contributed by atoms with Crippen molar-refractivity contribution in [1.82, 2.24) is 9.96 Å². The molecule has 0 aromatic carbocycles. The van der Waals surface area contributed by atoms with Crippen LogP contribution in [0, 0.1) is 0 Å². The average Bonchev–Trinajstić information content (AvgIpc) is 2.43. The molecular formula is C10H26N2O10S2. The van der Waals surface area contributed by atoms with E-state index < -0.39 is 44.8 Å². The quantitative estimate of drug-likeness (QED) is 0.142. The third-order valence-electron chi connectivity index (χ3n) is 2.46. The normalized spacial score (nSPS) is 12.3. The van der Waals surface area contributed by atoms with Crippen LogP contribution in [0.1, 0.15) is 0 Å². The maximum atomic E-state index is 10.2. The summed E-state index contributed by atoms with van der Waals surface area (Å²) in [6.45, 7) is 0.881. The molecule has 0 aromatic heterocycles. The van der Waals surface area contributed by atoms with Crippen molar-refractivity contribution in [2.75, 3.05) is 64.1 Å². The number of aliphatic hydroxyl groups excluding tert-OH is 3. The van der Waals surface area contributed by atoms with Gasteiger partial charge in [0.1, 0.15) is 0 Å². The lowest BCUT2D eigenvalue weighted by atomic mass is 10.4. The Labute approximate surface area is 141 Å². The molecule has 6 N–H and O–H groups in total. The summed E-state index contributed by atoms with van der Waals surface area (Å²) in [5, 5.41) is 34.7. The molecule has 0 amide bonds. The fourth-order valence-corrected chi connectivity index (χ4v) is 2.20. The molecule has 0 aliphatic rings. The van der Waals surface area contributed by atoms with Gasteiger partial charge in [-0.15, -0.1) is 0 Å². The number of hydrogen-bond donors (Lipinski definition) is 6. The third kappa shape index (κ3) is 21.6. The van der Waals surface area contributed by atoms with Crippen LogP contribution in [0.4, 0.5) is 0 Å². The van der Waals surface area contributed by atoms with E-state index >= 15 is 0 Å². The SMILES string of the molecule is O=S(=O)(O)CCN(O)CCS(=O)(=O)O.OCCN(CCO)CCO. The van der Waals surface area contributed by atoms with Gasteiger partial charge in [-0.05, 0) is 0 Å². The van der Waals surface area contributed by atoms with E-state index in [1.807, 2.05) is 0 Å². The van der Waals surface area contributed by atoms with Crippen LogP contribution in [-0.2, 0) is 20.2 Å². The summed E-state index contributed by atoms with van der Waals surface area (Å²) in [4.78, 5) is 1.79. The Morgan fingerprint density at radius 2 is 0.917 bits per heavy atom. The van der Waals surface area contributed by atoms with E-state index in [-0.39, 0.29) is 19.8 Å². The van der Waals surface area contributed by atoms with E-state index in [1.165, 1.54) is 0 Å². The van der Waals surface area contributed by atoms with Crippen molar-refractivity contribution >= 4 is 20.2 Å². The van der Waals surface area contributed by atoms with E-state index in [0.29, 0.717) is 24.7 Å². The van der Waals surface area contributed by atoms with Gasteiger partial charge < -0.3 is 20.5 Å². The Morgan fingerprint density at radius 1 is 0.625 bits per heavy atom. The van der Waals surface area contributed by atoms with Gasteiger partial charge in [-0.1, -0.05) is 0 Å². The van der Waals surface area contributed by atoms with Gasteiger partial charge >= 0.3 is 0 Å². The number of rotatable bonds is 12. The number of hydroxylamine groups is 2. The van der Waals surface area contributed by atoms with Gasteiger partial charge in [0.05, 0.1) is 31.3 Å². The molecule has 0 aliphatic carbocycles. The second-order valence-corrected chi connectivity index (χ2v) is 7.68. The molecule has 12 nitrogen and oxygen atoms in total. The lowest BCUT2D eigenvalue weighted by Crippen LogP contribution is -2.32. The molecule has 0 unspecified atom stereocenters. The van der Waals surface area contributed by atoms with Gasteiger partial charge in [0.25, 0.3) is 20.2 Å². The first-order chi connectivity index (χ1) is 10.9. The Hall–Kier alpha value is -0.420. The first-order valence-electron chi connectivity index (χ1n) is 6.84. The van der Waals surface area contributed by atoms with Gasteiger partial charge in [0, 0.05) is 32.7 Å². The number of hydrogen-bond acceptors (Lipinski definition) is 10. The van der Waals surface area contributed by atoms with Crippen LogP contribution in [0.2, 0.25) is 0 Å². The molecule has 148 valence electrons. The summed E-state index contributed by atoms with van der Waals surface area (Å²) in [7, 11) is -8.37. The van der Waals surface area contributed by atoms with Crippen molar-refractivity contribution in [3.63, 3.8) is 0 Å². The first-order valence-corrected chi connectivity index (χ1v) is 10.1. The highest BCUT2D eigenvalue weighted by atomic mass is 32.2. The fraction of sp³-hybridized carbons (Fsp3) is 1.00. The molecule has 0 fully saturated rings. The first kappa shape index (κ1) is 25.8. The summed E-state index contributed by atoms with van der Waals surface area (Å²) in [5.74, 6) is -1.43. The van der Waals surface area contributed by atoms with Crippen molar-refractivity contribution in [1.29, 1.82) is 0 Å². The highest BCUT2D eigenvalue weighted by Gasteiger charge is 2.11. The summed E-state index contributed by atoms with van der Waals surface area (Å²) in [6.07, 6.45) is 0. The van der Waals surface area contributed by atoms with E-state index in [2.05, 4.69) is 0 Å². The van der Waals surface area contributed by atoms with E-state index in [9.17, 15) is 16.8 Å². The van der Waals surface area contributed by atoms with Crippen LogP contribution in [0.3, 0.4) is 0 Å². The average molecular weight is 398 g/mol. The van der Waals surface area contributed by atoms with Crippen LogP contribution in [0.15, 0.2) is 0 Å². The second-order valence-electron chi connectivity index (χ2n) is 4.54. The van der Waals surface area contributed by atoms with Gasteiger partial charge in [-0.2, -0.15) is 21.9 Å². The van der Waals surface area contributed by atoms with Crippen molar-refractivity contribution < 1.29 is 46.5 Å². The van der Waals surface area contributed by atoms with Gasteiger partial charge in [-0.3, -0.25) is 14.0 Å². The summed E-state index contributed by atoms with van der Waals surface area (Å²) < 4.78 is 57.3. The van der Waals surface area contributed by atoms with Crippen LogP contribution < -0.4 is 0 Å². The molecule has 0 aromatic rings. The van der Waals surface area contributed by atoms with Gasteiger partial charge in [0.15, 0.2) is 0 Å². The molecule has 0 rings (SSSR count). The highest BCUT2D eigenvalue weighted by Crippen LogP contribution is 1.89. The Balaban J connectivity index is 0. The van der Waals surface area contributed by atoms with Crippen LogP contribution in [-0.4, -0.2) is 120 Å². The van der Waals surface area contributed by atoms with Crippen molar-refractivity contribution in [3.05, 3.63) is 0 Å². The molecule has 24 heavy (non-hydrogen) atoms. The van der Waals surface area contributed by atoms with E-state index in [4.69, 9.17) is 29.6 Å². The zero-order valence-electron chi connectivity index (χ0n) is 13.1. The van der Waals surface area contributed by atoms with Crippen LogP contribution in [0.25, 0.3) is 0 Å². The molecule has 0 saturated heterocycles. The molecule has 0 bridgehead atoms. The minimum Gasteiger partial charge on any atom is -0.395 e. The molecule has 0 radical (unpaired) electrons. The molecule has 14 heteroatoms. The monoisotopic (exact) mass is 398 g/mol. The fourth-order valence-electron chi connectivity index (χ4n) is 1.31. The maximum Gasteiger partial charge on any atom is 0.266 e. The lowest BCUT2D eigenvalue weighted by Gasteiger charge is -2.17. The van der Waals surface area contributed by atoms with Crippen molar-refractivity contribution in [2.45, 2.75) is 0 Å². The van der Waals surface area contributed by atoms with Crippen molar-refractivity contribution in [2.24, 2.45) is 0 Å². The Kier molecular flexibility index (Phi) is 14.9. The van der Waals surface area contributed by atoms with Crippen LogP contribution >= 0.6 is 0 Å². The van der Waals surface area contributed by atoms with E-state index in [0.717, 1.165) is 0 Å². The number of nitrogens with zero attached hydrogens (tertiary/aromatic N) is 2. The molecule has 0 atom stereocenters. The van der Waals surface area contributed by atoms with Crippen molar-refractivity contribution in [3.8, 4) is 0 Å². The summed E-state index contributed by atoms with van der Waals surface area (Å²) in [5.41, 5.74) is 0. The molecule has 0 heterocycles. The highest BCUT2D eigenvalue weighted by molar-refractivity contribution is 7.86. The second kappa shape index (κ2) is 13.8.